The second kappa shape index (κ2) is 7.88. The van der Waals surface area contributed by atoms with Gasteiger partial charge in [-0.25, -0.2) is 0 Å². The van der Waals surface area contributed by atoms with Gasteiger partial charge < -0.3 is 19.5 Å². The monoisotopic (exact) mass is 250 g/mol. The maximum Gasteiger partial charge on any atom is 0.120 e. The summed E-state index contributed by atoms with van der Waals surface area (Å²) in [5.74, 6) is 0. The van der Waals surface area contributed by atoms with Gasteiger partial charge in [0.15, 0.2) is 0 Å². The van der Waals surface area contributed by atoms with Crippen LogP contribution in [0.5, 0.6) is 0 Å². The van der Waals surface area contributed by atoms with E-state index in [1.165, 1.54) is 0 Å². The number of nitriles is 1. The fourth-order valence-electron chi connectivity index (χ4n) is 1.70. The summed E-state index contributed by atoms with van der Waals surface area (Å²) in [6.45, 7) is 4.43. The second-order valence-electron chi connectivity index (χ2n) is 4.43. The van der Waals surface area contributed by atoms with Gasteiger partial charge in [0.05, 0.1) is 6.61 Å². The third kappa shape index (κ3) is 4.88. The molecule has 0 aromatic carbocycles. The van der Waals surface area contributed by atoms with E-state index in [-0.39, 0.29) is 0 Å². The number of nitrogens with one attached hydrogen (secondary N) is 1. The van der Waals surface area contributed by atoms with Crippen LogP contribution in [0.3, 0.4) is 0 Å². The molecule has 1 aromatic rings. The molecule has 0 atom stereocenters. The molecular formula is C13H22N4O. The molecule has 100 valence electrons. The Morgan fingerprint density at radius 1 is 1.50 bits per heavy atom. The number of ether oxygens (including phenoxy) is 1. The molecule has 1 rings (SSSR count). The Morgan fingerprint density at radius 2 is 2.28 bits per heavy atom. The molecular weight excluding hydrogens is 228 g/mol. The summed E-state index contributed by atoms with van der Waals surface area (Å²) in [6, 6.07) is 4.08. The number of methoxy groups -OCH3 is 1. The Hall–Kier alpha value is -1.35. The molecule has 5 nitrogen and oxygen atoms in total. The van der Waals surface area contributed by atoms with Crippen molar-refractivity contribution in [3.05, 3.63) is 23.5 Å². The van der Waals surface area contributed by atoms with Gasteiger partial charge in [-0.15, -0.1) is 0 Å². The van der Waals surface area contributed by atoms with Crippen LogP contribution in [0.25, 0.3) is 0 Å². The topological polar surface area (TPSA) is 53.2 Å². The summed E-state index contributed by atoms with van der Waals surface area (Å²) in [6.07, 6.45) is 1.99. The SMILES string of the molecule is COCCN(C)CCNCc1cc(C#N)n(C)c1. The molecule has 1 heterocycles. The molecule has 0 unspecified atom stereocenters. The fraction of sp³-hybridized carbons (Fsp3) is 0.615. The Balaban J connectivity index is 2.19. The molecule has 0 fully saturated rings. The zero-order valence-electron chi connectivity index (χ0n) is 11.4. The first-order valence-electron chi connectivity index (χ1n) is 6.11. The Labute approximate surface area is 109 Å². The van der Waals surface area contributed by atoms with E-state index >= 15 is 0 Å². The first-order chi connectivity index (χ1) is 8.67. The van der Waals surface area contributed by atoms with Crippen molar-refractivity contribution in [2.75, 3.05) is 40.4 Å². The lowest BCUT2D eigenvalue weighted by molar-refractivity contribution is 0.161. The van der Waals surface area contributed by atoms with E-state index in [0.29, 0.717) is 5.69 Å². The van der Waals surface area contributed by atoms with E-state index in [4.69, 9.17) is 10.00 Å². The number of aryl methyl sites for hydroxylation is 1. The molecule has 1 aromatic heterocycles. The first-order valence-corrected chi connectivity index (χ1v) is 6.11. The highest BCUT2D eigenvalue weighted by molar-refractivity contribution is 5.28. The predicted molar refractivity (Wildman–Crippen MR) is 71.2 cm³/mol. The molecule has 0 saturated carbocycles. The summed E-state index contributed by atoms with van der Waals surface area (Å²) in [5.41, 5.74) is 1.85. The van der Waals surface area contributed by atoms with Crippen LogP contribution in [0.15, 0.2) is 12.3 Å². The van der Waals surface area contributed by atoms with Crippen LogP contribution >= 0.6 is 0 Å². The maximum absolute atomic E-state index is 8.85. The largest absolute Gasteiger partial charge is 0.383 e. The van der Waals surface area contributed by atoms with Crippen LogP contribution in [-0.4, -0.2) is 49.9 Å². The molecule has 0 spiro atoms. The van der Waals surface area contributed by atoms with Crippen molar-refractivity contribution in [3.63, 3.8) is 0 Å². The molecule has 5 heteroatoms. The highest BCUT2D eigenvalue weighted by Gasteiger charge is 2.02. The molecule has 0 aliphatic rings. The van der Waals surface area contributed by atoms with Crippen molar-refractivity contribution in [3.8, 4) is 6.07 Å². The minimum Gasteiger partial charge on any atom is -0.383 e. The van der Waals surface area contributed by atoms with Gasteiger partial charge in [-0.2, -0.15) is 5.26 Å². The van der Waals surface area contributed by atoms with Crippen LogP contribution in [-0.2, 0) is 18.3 Å². The van der Waals surface area contributed by atoms with E-state index in [0.717, 1.165) is 38.3 Å². The van der Waals surface area contributed by atoms with Crippen LogP contribution < -0.4 is 5.32 Å². The number of hydrogen-bond acceptors (Lipinski definition) is 4. The highest BCUT2D eigenvalue weighted by Crippen LogP contribution is 2.05. The van der Waals surface area contributed by atoms with Gasteiger partial charge in [0.25, 0.3) is 0 Å². The van der Waals surface area contributed by atoms with Crippen molar-refractivity contribution in [2.24, 2.45) is 7.05 Å². The Bertz CT molecular complexity index is 394. The zero-order valence-corrected chi connectivity index (χ0v) is 11.4. The average molecular weight is 250 g/mol. The molecule has 0 amide bonds. The van der Waals surface area contributed by atoms with Crippen molar-refractivity contribution >= 4 is 0 Å². The predicted octanol–water partition coefficient (Wildman–Crippen LogP) is 0.565. The Kier molecular flexibility index (Phi) is 6.44. The van der Waals surface area contributed by atoms with E-state index in [2.05, 4.69) is 23.3 Å². The summed E-state index contributed by atoms with van der Waals surface area (Å²) >= 11 is 0. The van der Waals surface area contributed by atoms with Gasteiger partial charge in [-0.1, -0.05) is 0 Å². The first kappa shape index (κ1) is 14.7. The van der Waals surface area contributed by atoms with Gasteiger partial charge >= 0.3 is 0 Å². The zero-order chi connectivity index (χ0) is 13.4. The lowest BCUT2D eigenvalue weighted by atomic mass is 10.3. The molecule has 0 saturated heterocycles. The standard InChI is InChI=1S/C13H22N4O/c1-16(6-7-18-3)5-4-15-10-12-8-13(9-14)17(2)11-12/h8,11,15H,4-7,10H2,1-3H3. The lowest BCUT2D eigenvalue weighted by Crippen LogP contribution is -2.31. The highest BCUT2D eigenvalue weighted by atomic mass is 16.5. The normalized spacial score (nSPS) is 10.8. The molecule has 18 heavy (non-hydrogen) atoms. The van der Waals surface area contributed by atoms with Crippen molar-refractivity contribution in [2.45, 2.75) is 6.54 Å². The second-order valence-corrected chi connectivity index (χ2v) is 4.43. The minimum atomic E-state index is 0.698. The quantitative estimate of drug-likeness (QED) is 0.685. The lowest BCUT2D eigenvalue weighted by Gasteiger charge is -2.15. The summed E-state index contributed by atoms with van der Waals surface area (Å²) in [5, 5.41) is 12.2. The van der Waals surface area contributed by atoms with Crippen LogP contribution in [0.2, 0.25) is 0 Å². The van der Waals surface area contributed by atoms with Crippen molar-refractivity contribution < 1.29 is 4.74 Å². The van der Waals surface area contributed by atoms with Crippen molar-refractivity contribution in [1.29, 1.82) is 5.26 Å². The summed E-state index contributed by atoms with van der Waals surface area (Å²) < 4.78 is 6.87. The average Bonchev–Trinajstić information content (AvgIpc) is 2.72. The number of likely N-dealkylation sites (N-methyl/N-ethyl adjacent to an activating group) is 1. The third-order valence-corrected chi connectivity index (χ3v) is 2.85. The van der Waals surface area contributed by atoms with Gasteiger partial charge in [-0.05, 0) is 18.7 Å². The van der Waals surface area contributed by atoms with Crippen LogP contribution in [0, 0.1) is 11.3 Å². The van der Waals surface area contributed by atoms with Crippen molar-refractivity contribution in [1.82, 2.24) is 14.8 Å². The molecule has 0 aliphatic carbocycles. The van der Waals surface area contributed by atoms with Gasteiger partial charge in [0.2, 0.25) is 0 Å². The van der Waals surface area contributed by atoms with E-state index in [9.17, 15) is 0 Å². The van der Waals surface area contributed by atoms with Gasteiger partial charge in [0, 0.05) is 46.5 Å². The molecule has 1 N–H and O–H groups in total. The summed E-state index contributed by atoms with van der Waals surface area (Å²) in [4.78, 5) is 2.22. The number of rotatable bonds is 8. The molecule has 0 aliphatic heterocycles. The number of aromatic nitrogens is 1. The summed E-state index contributed by atoms with van der Waals surface area (Å²) in [7, 11) is 5.69. The fourth-order valence-corrected chi connectivity index (χ4v) is 1.70. The third-order valence-electron chi connectivity index (χ3n) is 2.85. The molecule has 0 radical (unpaired) electrons. The minimum absolute atomic E-state index is 0.698. The van der Waals surface area contributed by atoms with E-state index < -0.39 is 0 Å². The van der Waals surface area contributed by atoms with Crippen LogP contribution in [0.1, 0.15) is 11.3 Å². The van der Waals surface area contributed by atoms with Crippen LogP contribution in [0.4, 0.5) is 0 Å². The van der Waals surface area contributed by atoms with E-state index in [1.54, 1.807) is 7.11 Å². The van der Waals surface area contributed by atoms with Gasteiger partial charge in [-0.3, -0.25) is 0 Å². The molecule has 0 bridgehead atoms. The smallest absolute Gasteiger partial charge is 0.120 e. The Morgan fingerprint density at radius 3 is 2.89 bits per heavy atom. The number of hydrogen-bond donors (Lipinski definition) is 1. The number of nitrogens with zero attached hydrogens (tertiary/aromatic N) is 3. The van der Waals surface area contributed by atoms with E-state index in [1.807, 2.05) is 23.9 Å². The van der Waals surface area contributed by atoms with Gasteiger partial charge in [0.1, 0.15) is 11.8 Å². The maximum atomic E-state index is 8.85.